The maximum absolute atomic E-state index is 13.4. The zero-order chi connectivity index (χ0) is 25.6. The minimum atomic E-state index is -0.343. The van der Waals surface area contributed by atoms with Crippen molar-refractivity contribution in [2.45, 2.75) is 58.9 Å². The van der Waals surface area contributed by atoms with Gasteiger partial charge in [0.1, 0.15) is 17.3 Å². The van der Waals surface area contributed by atoms with Crippen LogP contribution in [0.15, 0.2) is 24.3 Å². The summed E-state index contributed by atoms with van der Waals surface area (Å²) in [5.74, 6) is 0.429. The van der Waals surface area contributed by atoms with Gasteiger partial charge in [-0.3, -0.25) is 15.0 Å². The second-order valence-electron chi connectivity index (χ2n) is 10.8. The molecule has 0 fully saturated rings. The number of aromatic hydroxyl groups is 1. The van der Waals surface area contributed by atoms with Gasteiger partial charge in [0.05, 0.1) is 19.2 Å². The minimum Gasteiger partial charge on any atom is -0.507 e. The highest BCUT2D eigenvalue weighted by atomic mass is 16.5. The Hall–Kier alpha value is -3.35. The molecular formula is C27H35N3O4. The lowest BCUT2D eigenvalue weighted by molar-refractivity contribution is 0.0953. The van der Waals surface area contributed by atoms with Crippen molar-refractivity contribution in [2.24, 2.45) is 0 Å². The fraction of sp³-hybridized carbons (Fsp3) is 0.444. The number of nitrogens with one attached hydrogen (secondary N) is 2. The van der Waals surface area contributed by atoms with Gasteiger partial charge in [-0.25, -0.2) is 0 Å². The van der Waals surface area contributed by atoms with E-state index in [1.807, 2.05) is 41.5 Å². The predicted molar refractivity (Wildman–Crippen MR) is 133 cm³/mol. The molecule has 2 aromatic rings. The fourth-order valence-electron chi connectivity index (χ4n) is 4.25. The first-order chi connectivity index (χ1) is 15.7. The quantitative estimate of drug-likeness (QED) is 0.569. The van der Waals surface area contributed by atoms with Crippen molar-refractivity contribution in [1.82, 2.24) is 10.2 Å². The molecule has 0 atom stereocenters. The molecule has 3 N–H and O–H groups in total. The maximum atomic E-state index is 13.4. The zero-order valence-corrected chi connectivity index (χ0v) is 21.3. The van der Waals surface area contributed by atoms with E-state index in [4.69, 9.17) is 10.1 Å². The fourth-order valence-corrected chi connectivity index (χ4v) is 4.25. The Bertz CT molecular complexity index is 1130. The summed E-state index contributed by atoms with van der Waals surface area (Å²) in [4.78, 5) is 27.3. The van der Waals surface area contributed by atoms with E-state index in [0.29, 0.717) is 29.0 Å². The molecule has 1 amide bonds. The van der Waals surface area contributed by atoms with Gasteiger partial charge in [0.15, 0.2) is 5.78 Å². The standard InChI is InChI=1S/C27H35N3O4/c1-26(2,3)19-9-15(10-20(23(19)32)27(4,5)6)21(31)14-30-13-16-11-22(34-8)18(25(33)29-7)12-17(16)24(30)28/h9-12,28,32H,13-14H2,1-8H3,(H,29,33). The molecule has 7 heteroatoms. The van der Waals surface area contributed by atoms with Crippen LogP contribution in [0.1, 0.15) is 84.5 Å². The molecule has 1 aliphatic rings. The van der Waals surface area contributed by atoms with E-state index in [2.05, 4.69) is 5.32 Å². The van der Waals surface area contributed by atoms with Crippen LogP contribution < -0.4 is 10.1 Å². The predicted octanol–water partition coefficient (Wildman–Crippen LogP) is 4.38. The number of rotatable bonds is 5. The third-order valence-corrected chi connectivity index (χ3v) is 6.21. The molecule has 0 saturated heterocycles. The first-order valence-electron chi connectivity index (χ1n) is 11.4. The Labute approximate surface area is 201 Å². The van der Waals surface area contributed by atoms with Crippen molar-refractivity contribution in [3.8, 4) is 11.5 Å². The number of fused-ring (bicyclic) bond motifs is 1. The largest absolute Gasteiger partial charge is 0.507 e. The van der Waals surface area contributed by atoms with E-state index in [0.717, 1.165) is 16.7 Å². The van der Waals surface area contributed by atoms with Gasteiger partial charge in [-0.2, -0.15) is 0 Å². The molecule has 34 heavy (non-hydrogen) atoms. The van der Waals surface area contributed by atoms with Crippen molar-refractivity contribution < 1.29 is 19.4 Å². The Kier molecular flexibility index (Phi) is 6.53. The molecule has 0 radical (unpaired) electrons. The highest BCUT2D eigenvalue weighted by Crippen LogP contribution is 2.40. The number of phenols is 1. The molecule has 7 nitrogen and oxygen atoms in total. The van der Waals surface area contributed by atoms with Crippen LogP contribution in [0.4, 0.5) is 0 Å². The van der Waals surface area contributed by atoms with Gasteiger partial charge in [0.25, 0.3) is 5.91 Å². The molecule has 0 spiro atoms. The Morgan fingerprint density at radius 2 is 1.62 bits per heavy atom. The van der Waals surface area contributed by atoms with Crippen LogP contribution in [0.2, 0.25) is 0 Å². The number of carbonyl (C=O) groups is 2. The van der Waals surface area contributed by atoms with Crippen molar-refractivity contribution in [3.63, 3.8) is 0 Å². The molecule has 0 saturated carbocycles. The molecule has 1 aliphatic heterocycles. The van der Waals surface area contributed by atoms with Crippen LogP contribution in [0.3, 0.4) is 0 Å². The Balaban J connectivity index is 1.96. The van der Waals surface area contributed by atoms with Crippen LogP contribution in [0.5, 0.6) is 11.5 Å². The maximum Gasteiger partial charge on any atom is 0.254 e. The molecule has 1 heterocycles. The van der Waals surface area contributed by atoms with Gasteiger partial charge in [-0.05, 0) is 40.7 Å². The summed E-state index contributed by atoms with van der Waals surface area (Å²) in [6.45, 7) is 12.4. The Morgan fingerprint density at radius 1 is 1.06 bits per heavy atom. The monoisotopic (exact) mass is 465 g/mol. The molecular weight excluding hydrogens is 430 g/mol. The van der Waals surface area contributed by atoms with Crippen molar-refractivity contribution in [3.05, 3.63) is 57.6 Å². The van der Waals surface area contributed by atoms with Gasteiger partial charge >= 0.3 is 0 Å². The zero-order valence-electron chi connectivity index (χ0n) is 21.3. The molecule has 0 aromatic heterocycles. The van der Waals surface area contributed by atoms with Crippen LogP contribution in [0, 0.1) is 5.41 Å². The second kappa shape index (κ2) is 8.78. The summed E-state index contributed by atoms with van der Waals surface area (Å²) in [6, 6.07) is 6.95. The minimum absolute atomic E-state index is 0.0169. The molecule has 0 aliphatic carbocycles. The highest BCUT2D eigenvalue weighted by molar-refractivity contribution is 6.07. The van der Waals surface area contributed by atoms with Crippen molar-refractivity contribution in [2.75, 3.05) is 20.7 Å². The number of ketones is 1. The molecule has 2 aromatic carbocycles. The van der Waals surface area contributed by atoms with E-state index in [9.17, 15) is 14.7 Å². The van der Waals surface area contributed by atoms with Gasteiger partial charge < -0.3 is 20.1 Å². The average molecular weight is 466 g/mol. The van der Waals surface area contributed by atoms with Crippen LogP contribution in [0.25, 0.3) is 0 Å². The number of carbonyl (C=O) groups excluding carboxylic acids is 2. The van der Waals surface area contributed by atoms with Gasteiger partial charge in [0.2, 0.25) is 0 Å². The number of hydrogen-bond donors (Lipinski definition) is 3. The van der Waals surface area contributed by atoms with E-state index < -0.39 is 0 Å². The number of amides is 1. The number of hydrogen-bond acceptors (Lipinski definition) is 5. The highest BCUT2D eigenvalue weighted by Gasteiger charge is 2.31. The molecule has 182 valence electrons. The topological polar surface area (TPSA) is 103 Å². The lowest BCUT2D eigenvalue weighted by atomic mass is 9.78. The number of nitrogens with zero attached hydrogens (tertiary/aromatic N) is 1. The molecule has 3 rings (SSSR count). The van der Waals surface area contributed by atoms with E-state index in [-0.39, 0.29) is 40.7 Å². The number of ether oxygens (including phenoxy) is 1. The summed E-state index contributed by atoms with van der Waals surface area (Å²) in [5, 5.41) is 22.2. The summed E-state index contributed by atoms with van der Waals surface area (Å²) >= 11 is 0. The van der Waals surface area contributed by atoms with E-state index in [1.54, 1.807) is 36.2 Å². The normalized spacial score (nSPS) is 13.6. The third-order valence-electron chi connectivity index (χ3n) is 6.21. The number of benzene rings is 2. The Morgan fingerprint density at radius 3 is 2.09 bits per heavy atom. The SMILES string of the molecule is CNC(=O)c1cc2c(cc1OC)CN(CC(=O)c1cc(C(C)(C)C)c(O)c(C(C)(C)C)c1)C2=N. The summed E-state index contributed by atoms with van der Waals surface area (Å²) in [6.07, 6.45) is 0. The van der Waals surface area contributed by atoms with E-state index >= 15 is 0 Å². The van der Waals surface area contributed by atoms with Crippen molar-refractivity contribution >= 4 is 17.5 Å². The summed E-state index contributed by atoms with van der Waals surface area (Å²) < 4.78 is 5.38. The van der Waals surface area contributed by atoms with Crippen LogP contribution >= 0.6 is 0 Å². The van der Waals surface area contributed by atoms with Crippen LogP contribution in [-0.2, 0) is 17.4 Å². The molecule has 0 unspecified atom stereocenters. The summed E-state index contributed by atoms with van der Waals surface area (Å²) in [5.41, 5.74) is 3.08. The number of phenolic OH excluding ortho intramolecular Hbond substituents is 1. The number of amidine groups is 1. The van der Waals surface area contributed by atoms with E-state index in [1.165, 1.54) is 7.11 Å². The average Bonchev–Trinajstić information content (AvgIpc) is 3.04. The smallest absolute Gasteiger partial charge is 0.254 e. The molecule has 0 bridgehead atoms. The van der Waals surface area contributed by atoms with Crippen LogP contribution in [-0.4, -0.2) is 48.2 Å². The van der Waals surface area contributed by atoms with Gasteiger partial charge in [-0.1, -0.05) is 41.5 Å². The lowest BCUT2D eigenvalue weighted by Gasteiger charge is -2.28. The third kappa shape index (κ3) is 4.65. The lowest BCUT2D eigenvalue weighted by Crippen LogP contribution is -2.31. The first kappa shape index (κ1) is 25.3. The van der Waals surface area contributed by atoms with Gasteiger partial charge in [-0.15, -0.1) is 0 Å². The number of Topliss-reactive ketones (excluding diaryl/α,β-unsaturated/α-hetero) is 1. The number of methoxy groups -OCH3 is 1. The summed E-state index contributed by atoms with van der Waals surface area (Å²) in [7, 11) is 3.04. The van der Waals surface area contributed by atoms with Crippen molar-refractivity contribution in [1.29, 1.82) is 5.41 Å². The first-order valence-corrected chi connectivity index (χ1v) is 11.4. The second-order valence-corrected chi connectivity index (χ2v) is 10.8. The van der Waals surface area contributed by atoms with Gasteiger partial charge in [0, 0.05) is 35.8 Å².